The smallest absolute Gasteiger partial charge is 0.329 e. The van der Waals surface area contributed by atoms with E-state index in [1.54, 1.807) is 17.3 Å². The first-order chi connectivity index (χ1) is 9.78. The van der Waals surface area contributed by atoms with Gasteiger partial charge in [-0.2, -0.15) is 0 Å². The van der Waals surface area contributed by atoms with Crippen LogP contribution in [0.5, 0.6) is 11.5 Å². The number of ether oxygens (including phenoxy) is 2. The molecule has 2 heterocycles. The molecule has 0 spiro atoms. The van der Waals surface area contributed by atoms with Gasteiger partial charge in [0, 0.05) is 25.5 Å². The van der Waals surface area contributed by atoms with E-state index >= 15 is 0 Å². The van der Waals surface area contributed by atoms with Gasteiger partial charge >= 0.3 is 6.03 Å². The molecule has 0 fully saturated rings. The second-order valence-electron chi connectivity index (χ2n) is 4.45. The van der Waals surface area contributed by atoms with E-state index in [1.807, 2.05) is 25.1 Å². The van der Waals surface area contributed by atoms with Gasteiger partial charge in [-0.1, -0.05) is 6.07 Å². The molecule has 2 aromatic rings. The van der Waals surface area contributed by atoms with Gasteiger partial charge in [-0.05, 0) is 24.6 Å². The number of rotatable bonds is 3. The van der Waals surface area contributed by atoms with Crippen LogP contribution in [0.3, 0.4) is 0 Å². The Bertz CT molecular complexity index is 610. The molecule has 0 aliphatic carbocycles. The van der Waals surface area contributed by atoms with E-state index in [4.69, 9.17) is 9.47 Å². The van der Waals surface area contributed by atoms with E-state index in [-0.39, 0.29) is 12.8 Å². The fourth-order valence-electron chi connectivity index (χ4n) is 2.11. The highest BCUT2D eigenvalue weighted by Crippen LogP contribution is 2.32. The predicted molar refractivity (Wildman–Crippen MR) is 71.7 cm³/mol. The van der Waals surface area contributed by atoms with Crippen LogP contribution in [-0.2, 0) is 6.54 Å². The van der Waals surface area contributed by atoms with E-state index in [1.165, 1.54) is 10.9 Å². The lowest BCUT2D eigenvalue weighted by Gasteiger charge is -2.21. The zero-order chi connectivity index (χ0) is 13.9. The number of imidazole rings is 1. The molecule has 1 aromatic heterocycles. The van der Waals surface area contributed by atoms with Crippen molar-refractivity contribution >= 4 is 6.03 Å². The monoisotopic (exact) mass is 273 g/mol. The lowest BCUT2D eigenvalue weighted by Crippen LogP contribution is -2.33. The Morgan fingerprint density at radius 2 is 2.25 bits per heavy atom. The molecule has 0 N–H and O–H groups in total. The Labute approximate surface area is 116 Å². The summed E-state index contributed by atoms with van der Waals surface area (Å²) in [5, 5.41) is 0. The molecule has 0 radical (unpaired) electrons. The molecular weight excluding hydrogens is 258 g/mol. The third kappa shape index (κ3) is 2.32. The first kappa shape index (κ1) is 12.5. The summed E-state index contributed by atoms with van der Waals surface area (Å²) in [6.07, 6.45) is 4.74. The highest BCUT2D eigenvalue weighted by atomic mass is 16.7. The first-order valence-corrected chi connectivity index (χ1v) is 6.43. The normalized spacial score (nSPS) is 12.4. The summed E-state index contributed by atoms with van der Waals surface area (Å²) in [6.45, 7) is 3.33. The molecule has 6 nitrogen and oxygen atoms in total. The molecule has 104 valence electrons. The molecule has 3 rings (SSSR count). The highest BCUT2D eigenvalue weighted by Gasteiger charge is 2.17. The summed E-state index contributed by atoms with van der Waals surface area (Å²) < 4.78 is 12.1. The minimum atomic E-state index is -0.0948. The Balaban J connectivity index is 1.76. The molecule has 0 unspecified atom stereocenters. The molecule has 0 saturated heterocycles. The third-order valence-electron chi connectivity index (χ3n) is 3.19. The van der Waals surface area contributed by atoms with Crippen molar-refractivity contribution in [3.8, 4) is 11.5 Å². The Hall–Kier alpha value is -2.50. The van der Waals surface area contributed by atoms with E-state index in [9.17, 15) is 4.79 Å². The minimum Gasteiger partial charge on any atom is -0.454 e. The number of carbonyl (C=O) groups is 1. The van der Waals surface area contributed by atoms with Crippen LogP contribution < -0.4 is 9.47 Å². The van der Waals surface area contributed by atoms with Crippen molar-refractivity contribution in [3.63, 3.8) is 0 Å². The van der Waals surface area contributed by atoms with Gasteiger partial charge in [-0.25, -0.2) is 9.78 Å². The van der Waals surface area contributed by atoms with Crippen LogP contribution in [0.25, 0.3) is 0 Å². The molecule has 1 aliphatic rings. The number of carbonyl (C=O) groups excluding carboxylic acids is 1. The molecule has 1 aliphatic heterocycles. The maximum absolute atomic E-state index is 12.3. The number of fused-ring (bicyclic) bond motifs is 1. The van der Waals surface area contributed by atoms with Gasteiger partial charge < -0.3 is 14.4 Å². The lowest BCUT2D eigenvalue weighted by molar-refractivity contribution is 0.174. The van der Waals surface area contributed by atoms with E-state index < -0.39 is 0 Å². The van der Waals surface area contributed by atoms with E-state index in [0.29, 0.717) is 13.1 Å². The molecule has 0 atom stereocenters. The van der Waals surface area contributed by atoms with Crippen LogP contribution >= 0.6 is 0 Å². The minimum absolute atomic E-state index is 0.0948. The molecule has 1 amide bonds. The van der Waals surface area contributed by atoms with Crippen molar-refractivity contribution in [1.29, 1.82) is 0 Å². The second kappa shape index (κ2) is 5.24. The summed E-state index contributed by atoms with van der Waals surface area (Å²) in [5.41, 5.74) is 1.00. The number of benzene rings is 1. The molecule has 0 bridgehead atoms. The molecule has 20 heavy (non-hydrogen) atoms. The summed E-state index contributed by atoms with van der Waals surface area (Å²) in [4.78, 5) is 17.9. The van der Waals surface area contributed by atoms with Crippen molar-refractivity contribution in [2.45, 2.75) is 13.5 Å². The van der Waals surface area contributed by atoms with Crippen molar-refractivity contribution in [3.05, 3.63) is 42.5 Å². The SMILES string of the molecule is CCN(Cc1ccc2c(c1)OCO2)C(=O)n1ccnc1. The van der Waals surface area contributed by atoms with Crippen LogP contribution in [0, 0.1) is 0 Å². The van der Waals surface area contributed by atoms with Crippen molar-refractivity contribution in [2.75, 3.05) is 13.3 Å². The quantitative estimate of drug-likeness (QED) is 0.859. The zero-order valence-electron chi connectivity index (χ0n) is 11.2. The van der Waals surface area contributed by atoms with Crippen molar-refractivity contribution < 1.29 is 14.3 Å². The average molecular weight is 273 g/mol. The number of aromatic nitrogens is 2. The van der Waals surface area contributed by atoms with Crippen molar-refractivity contribution in [1.82, 2.24) is 14.5 Å². The second-order valence-corrected chi connectivity index (χ2v) is 4.45. The third-order valence-corrected chi connectivity index (χ3v) is 3.19. The topological polar surface area (TPSA) is 56.6 Å². The fourth-order valence-corrected chi connectivity index (χ4v) is 2.11. The predicted octanol–water partition coefficient (Wildman–Crippen LogP) is 2.10. The summed E-state index contributed by atoms with van der Waals surface area (Å²) in [7, 11) is 0. The maximum Gasteiger partial charge on any atom is 0.329 e. The highest BCUT2D eigenvalue weighted by molar-refractivity contribution is 5.76. The zero-order valence-corrected chi connectivity index (χ0v) is 11.2. The lowest BCUT2D eigenvalue weighted by atomic mass is 10.2. The molecule has 6 heteroatoms. The van der Waals surface area contributed by atoms with Gasteiger partial charge in [-0.15, -0.1) is 0 Å². The van der Waals surface area contributed by atoms with Gasteiger partial charge in [0.1, 0.15) is 6.33 Å². The number of amides is 1. The standard InChI is InChI=1S/C14H15N3O3/c1-2-16(14(18)17-6-5-15-9-17)8-11-3-4-12-13(7-11)20-10-19-12/h3-7,9H,2,8,10H2,1H3. The fraction of sp³-hybridized carbons (Fsp3) is 0.286. The van der Waals surface area contributed by atoms with Gasteiger partial charge in [0.15, 0.2) is 11.5 Å². The van der Waals surface area contributed by atoms with E-state index in [0.717, 1.165) is 17.1 Å². The summed E-state index contributed by atoms with van der Waals surface area (Å²) >= 11 is 0. The van der Waals surface area contributed by atoms with Gasteiger partial charge in [0.25, 0.3) is 0 Å². The average Bonchev–Trinajstić information content (AvgIpc) is 3.14. The van der Waals surface area contributed by atoms with Crippen LogP contribution in [0.4, 0.5) is 4.79 Å². The van der Waals surface area contributed by atoms with Crippen LogP contribution in [-0.4, -0.2) is 33.8 Å². The molecular formula is C14H15N3O3. The Morgan fingerprint density at radius 3 is 3.00 bits per heavy atom. The van der Waals surface area contributed by atoms with Crippen LogP contribution in [0.15, 0.2) is 36.9 Å². The molecule has 1 aromatic carbocycles. The summed E-state index contributed by atoms with van der Waals surface area (Å²) in [5.74, 6) is 1.48. The number of hydrogen-bond acceptors (Lipinski definition) is 4. The Kier molecular flexibility index (Phi) is 3.28. The van der Waals surface area contributed by atoms with Crippen LogP contribution in [0.2, 0.25) is 0 Å². The molecule has 0 saturated carbocycles. The number of hydrogen-bond donors (Lipinski definition) is 0. The van der Waals surface area contributed by atoms with Gasteiger partial charge in [-0.3, -0.25) is 4.57 Å². The van der Waals surface area contributed by atoms with Crippen LogP contribution in [0.1, 0.15) is 12.5 Å². The maximum atomic E-state index is 12.3. The van der Waals surface area contributed by atoms with Gasteiger partial charge in [0.2, 0.25) is 6.79 Å². The number of nitrogens with zero attached hydrogens (tertiary/aromatic N) is 3. The van der Waals surface area contributed by atoms with Gasteiger partial charge in [0.05, 0.1) is 0 Å². The van der Waals surface area contributed by atoms with E-state index in [2.05, 4.69) is 4.98 Å². The largest absolute Gasteiger partial charge is 0.454 e. The first-order valence-electron chi connectivity index (χ1n) is 6.43. The summed E-state index contributed by atoms with van der Waals surface area (Å²) in [6, 6.07) is 5.62. The van der Waals surface area contributed by atoms with Crippen molar-refractivity contribution in [2.24, 2.45) is 0 Å². The Morgan fingerprint density at radius 1 is 1.40 bits per heavy atom.